The van der Waals surface area contributed by atoms with E-state index in [1.54, 1.807) is 30.3 Å². The van der Waals surface area contributed by atoms with E-state index < -0.39 is 6.04 Å². The zero-order chi connectivity index (χ0) is 19.4. The molecule has 0 saturated carbocycles. The number of carbonyl (C=O) groups excluding carboxylic acids is 2. The highest BCUT2D eigenvalue weighted by Gasteiger charge is 2.26. The van der Waals surface area contributed by atoms with Gasteiger partial charge in [-0.1, -0.05) is 41.9 Å². The molecule has 0 radical (unpaired) electrons. The second-order valence-corrected chi connectivity index (χ2v) is 7.32. The van der Waals surface area contributed by atoms with Gasteiger partial charge in [-0.2, -0.15) is 0 Å². The summed E-state index contributed by atoms with van der Waals surface area (Å²) in [7, 11) is 0. The molecule has 2 amide bonds. The number of piperidine rings is 1. The molecule has 1 heterocycles. The lowest BCUT2D eigenvalue weighted by Crippen LogP contribution is -2.42. The zero-order valence-corrected chi connectivity index (χ0v) is 17.3. The zero-order valence-electron chi connectivity index (χ0n) is 15.7. The smallest absolute Gasteiger partial charge is 0.255 e. The first kappa shape index (κ1) is 22.2. The molecule has 2 unspecified atom stereocenters. The maximum atomic E-state index is 12.8. The number of anilines is 1. The number of halogens is 2. The summed E-state index contributed by atoms with van der Waals surface area (Å²) in [5, 5.41) is 3.09. The van der Waals surface area contributed by atoms with Gasteiger partial charge in [0.15, 0.2) is 0 Å². The fourth-order valence-corrected chi connectivity index (χ4v) is 3.61. The minimum Gasteiger partial charge on any atom is -0.336 e. The van der Waals surface area contributed by atoms with Crippen LogP contribution in [0.4, 0.5) is 5.69 Å². The number of nitrogens with one attached hydrogen (secondary N) is 1. The molecule has 0 spiro atoms. The number of likely N-dealkylation sites (tertiary alicyclic amines) is 1. The number of benzene rings is 2. The Morgan fingerprint density at radius 3 is 2.54 bits per heavy atom. The lowest BCUT2D eigenvalue weighted by molar-refractivity contribution is -0.117. The summed E-state index contributed by atoms with van der Waals surface area (Å²) >= 11 is 6.34. The summed E-state index contributed by atoms with van der Waals surface area (Å²) in [6.07, 6.45) is 3.17. The van der Waals surface area contributed by atoms with Gasteiger partial charge in [0, 0.05) is 18.3 Å². The van der Waals surface area contributed by atoms with Crippen molar-refractivity contribution in [1.29, 1.82) is 0 Å². The van der Waals surface area contributed by atoms with Crippen molar-refractivity contribution < 1.29 is 9.59 Å². The second-order valence-electron chi connectivity index (χ2n) is 6.92. The van der Waals surface area contributed by atoms with Gasteiger partial charge < -0.3 is 16.0 Å². The van der Waals surface area contributed by atoms with E-state index in [-0.39, 0.29) is 30.3 Å². The molecule has 7 heteroatoms. The molecular weight excluding hydrogens is 397 g/mol. The van der Waals surface area contributed by atoms with Crippen molar-refractivity contribution in [1.82, 2.24) is 4.90 Å². The molecule has 3 rings (SSSR count). The van der Waals surface area contributed by atoms with Crippen LogP contribution in [0, 0.1) is 0 Å². The molecule has 1 saturated heterocycles. The van der Waals surface area contributed by atoms with E-state index in [4.69, 9.17) is 17.3 Å². The fraction of sp³-hybridized carbons (Fsp3) is 0.333. The molecule has 150 valence electrons. The van der Waals surface area contributed by atoms with E-state index >= 15 is 0 Å². The van der Waals surface area contributed by atoms with Crippen molar-refractivity contribution in [2.75, 3.05) is 11.9 Å². The van der Waals surface area contributed by atoms with Crippen molar-refractivity contribution in [2.24, 2.45) is 5.73 Å². The number of carbonyl (C=O) groups is 2. The molecule has 0 bridgehead atoms. The molecule has 2 aromatic rings. The summed E-state index contributed by atoms with van der Waals surface area (Å²) in [5.74, 6) is -0.396. The second kappa shape index (κ2) is 9.92. The van der Waals surface area contributed by atoms with Gasteiger partial charge in [0.25, 0.3) is 5.91 Å². The number of hydrogen-bond acceptors (Lipinski definition) is 3. The van der Waals surface area contributed by atoms with E-state index in [9.17, 15) is 9.59 Å². The average molecular weight is 422 g/mol. The first-order valence-corrected chi connectivity index (χ1v) is 9.57. The Morgan fingerprint density at radius 1 is 1.18 bits per heavy atom. The van der Waals surface area contributed by atoms with Crippen LogP contribution in [0.5, 0.6) is 0 Å². The molecule has 0 aliphatic carbocycles. The maximum absolute atomic E-state index is 12.8. The monoisotopic (exact) mass is 421 g/mol. The Kier molecular flexibility index (Phi) is 7.87. The number of amides is 2. The molecule has 5 nitrogen and oxygen atoms in total. The molecule has 28 heavy (non-hydrogen) atoms. The fourth-order valence-electron chi connectivity index (χ4n) is 3.35. The maximum Gasteiger partial charge on any atom is 0.255 e. The highest BCUT2D eigenvalue weighted by atomic mass is 35.5. The number of hydrogen-bond donors (Lipinski definition) is 2. The van der Waals surface area contributed by atoms with Crippen molar-refractivity contribution in [3.05, 3.63) is 64.7 Å². The van der Waals surface area contributed by atoms with Crippen LogP contribution in [0.3, 0.4) is 0 Å². The van der Waals surface area contributed by atoms with Crippen LogP contribution in [-0.2, 0) is 4.79 Å². The van der Waals surface area contributed by atoms with E-state index in [1.165, 1.54) is 0 Å². The first-order valence-electron chi connectivity index (χ1n) is 9.19. The Bertz CT molecular complexity index is 830. The van der Waals surface area contributed by atoms with Crippen molar-refractivity contribution in [3.63, 3.8) is 0 Å². The predicted octanol–water partition coefficient (Wildman–Crippen LogP) is 4.41. The summed E-state index contributed by atoms with van der Waals surface area (Å²) in [6.45, 7) is 2.81. The van der Waals surface area contributed by atoms with E-state index in [1.807, 2.05) is 23.1 Å². The third-order valence-corrected chi connectivity index (χ3v) is 5.28. The Balaban J connectivity index is 0.00000280. The van der Waals surface area contributed by atoms with Gasteiger partial charge in [0.1, 0.15) is 6.04 Å². The first-order chi connectivity index (χ1) is 13.0. The third-order valence-electron chi connectivity index (χ3n) is 4.97. The predicted molar refractivity (Wildman–Crippen MR) is 115 cm³/mol. The van der Waals surface area contributed by atoms with Gasteiger partial charge in [-0.3, -0.25) is 9.59 Å². The molecular formula is C21H25Cl2N3O2. The summed E-state index contributed by atoms with van der Waals surface area (Å²) in [6, 6.07) is 13.5. The van der Waals surface area contributed by atoms with Gasteiger partial charge in [-0.25, -0.2) is 0 Å². The van der Waals surface area contributed by atoms with Crippen LogP contribution in [0.1, 0.15) is 48.1 Å². The Morgan fingerprint density at radius 2 is 1.89 bits per heavy atom. The quantitative estimate of drug-likeness (QED) is 0.766. The normalized spacial score (nSPS) is 17.4. The standard InChI is InChI=1S/C21H24ClN3O2.ClH/c1-14-7-5-6-12-25(14)21(27)17-11-10-16(13-18(17)22)24-20(26)19(23)15-8-3-2-4-9-15;/h2-4,8-11,13-14,19H,5-7,12,23H2,1H3,(H,24,26);1H. The van der Waals surface area contributed by atoms with Crippen LogP contribution in [0.2, 0.25) is 5.02 Å². The summed E-state index contributed by atoms with van der Waals surface area (Å²) < 4.78 is 0. The summed E-state index contributed by atoms with van der Waals surface area (Å²) in [5.41, 5.74) is 7.71. The number of rotatable bonds is 4. The van der Waals surface area contributed by atoms with Crippen LogP contribution >= 0.6 is 24.0 Å². The highest BCUT2D eigenvalue weighted by molar-refractivity contribution is 6.34. The van der Waals surface area contributed by atoms with Crippen LogP contribution in [0.25, 0.3) is 0 Å². The molecule has 1 aliphatic heterocycles. The van der Waals surface area contributed by atoms with Crippen molar-refractivity contribution in [2.45, 2.75) is 38.3 Å². The number of nitrogens with zero attached hydrogens (tertiary/aromatic N) is 1. The van der Waals surface area contributed by atoms with Gasteiger partial charge in [0.05, 0.1) is 10.6 Å². The van der Waals surface area contributed by atoms with Gasteiger partial charge in [-0.05, 0) is 49.9 Å². The molecule has 2 atom stereocenters. The van der Waals surface area contributed by atoms with Gasteiger partial charge in [-0.15, -0.1) is 12.4 Å². The topological polar surface area (TPSA) is 75.4 Å². The van der Waals surface area contributed by atoms with Crippen LogP contribution in [0.15, 0.2) is 48.5 Å². The number of nitrogens with two attached hydrogens (primary N) is 1. The minimum absolute atomic E-state index is 0. The molecule has 0 aromatic heterocycles. The SMILES string of the molecule is CC1CCCCN1C(=O)c1ccc(NC(=O)C(N)c2ccccc2)cc1Cl.Cl. The van der Waals surface area contributed by atoms with E-state index in [2.05, 4.69) is 12.2 Å². The Labute approximate surface area is 176 Å². The van der Waals surface area contributed by atoms with Crippen molar-refractivity contribution in [3.8, 4) is 0 Å². The lowest BCUT2D eigenvalue weighted by atomic mass is 10.0. The van der Waals surface area contributed by atoms with Crippen LogP contribution in [-0.4, -0.2) is 29.3 Å². The highest BCUT2D eigenvalue weighted by Crippen LogP contribution is 2.26. The summed E-state index contributed by atoms with van der Waals surface area (Å²) in [4.78, 5) is 27.0. The van der Waals surface area contributed by atoms with E-state index in [0.29, 0.717) is 16.3 Å². The Hall–Kier alpha value is -2.08. The molecule has 3 N–H and O–H groups in total. The lowest BCUT2D eigenvalue weighted by Gasteiger charge is -2.33. The largest absolute Gasteiger partial charge is 0.336 e. The van der Waals surface area contributed by atoms with Crippen molar-refractivity contribution >= 4 is 41.5 Å². The van der Waals surface area contributed by atoms with Gasteiger partial charge in [0.2, 0.25) is 5.91 Å². The van der Waals surface area contributed by atoms with Gasteiger partial charge >= 0.3 is 0 Å². The average Bonchev–Trinajstić information content (AvgIpc) is 2.68. The third kappa shape index (κ3) is 5.04. The molecule has 1 aliphatic rings. The minimum atomic E-state index is -0.777. The molecule has 1 fully saturated rings. The van der Waals surface area contributed by atoms with E-state index in [0.717, 1.165) is 31.4 Å². The molecule has 2 aromatic carbocycles. The van der Waals surface area contributed by atoms with Crippen LogP contribution < -0.4 is 11.1 Å².